The Bertz CT molecular complexity index is 361. The summed E-state index contributed by atoms with van der Waals surface area (Å²) in [6, 6.07) is 9.65. The number of hydrazone groups is 1. The summed E-state index contributed by atoms with van der Waals surface area (Å²) >= 11 is 0. The van der Waals surface area contributed by atoms with Crippen LogP contribution >= 0.6 is 9.24 Å². The Hall–Kier alpha value is -1.21. The highest BCUT2D eigenvalue weighted by Crippen LogP contribution is 2.18. The van der Waals surface area contributed by atoms with E-state index in [1.54, 1.807) is 5.01 Å². The van der Waals surface area contributed by atoms with Crippen molar-refractivity contribution in [2.24, 2.45) is 5.10 Å². The zero-order valence-electron chi connectivity index (χ0n) is 6.97. The number of hydrogen-bond acceptors (Lipinski definition) is 3. The number of carbonyl (C=O) groups is 1. The van der Waals surface area contributed by atoms with Crippen molar-refractivity contribution >= 4 is 26.2 Å². The smallest absolute Gasteiger partial charge is 0.204 e. The highest BCUT2D eigenvalue weighted by atomic mass is 31.0. The molecule has 2 rings (SSSR count). The average molecular weight is 192 g/mol. The van der Waals surface area contributed by atoms with Gasteiger partial charge in [-0.1, -0.05) is 27.4 Å². The van der Waals surface area contributed by atoms with Crippen LogP contribution in [-0.4, -0.2) is 17.8 Å². The van der Waals surface area contributed by atoms with E-state index in [1.165, 1.54) is 0 Å². The van der Waals surface area contributed by atoms with Crippen LogP contribution in [0.15, 0.2) is 35.4 Å². The lowest BCUT2D eigenvalue weighted by Crippen LogP contribution is -2.17. The fourth-order valence-electron chi connectivity index (χ4n) is 1.19. The third kappa shape index (κ3) is 1.61. The maximum atomic E-state index is 11.2. The van der Waals surface area contributed by atoms with Crippen LogP contribution < -0.4 is 5.01 Å². The summed E-state index contributed by atoms with van der Waals surface area (Å²) < 4.78 is 0. The van der Waals surface area contributed by atoms with E-state index in [4.69, 9.17) is 0 Å². The molecule has 3 nitrogen and oxygen atoms in total. The van der Waals surface area contributed by atoms with Crippen LogP contribution in [-0.2, 0) is 4.79 Å². The number of ketones is 1. The molecule has 0 N–H and O–H groups in total. The minimum absolute atomic E-state index is 0.0638. The molecule has 4 heteroatoms. The van der Waals surface area contributed by atoms with E-state index < -0.39 is 0 Å². The number of carbonyl (C=O) groups excluding carboxylic acids is 1. The zero-order valence-corrected chi connectivity index (χ0v) is 8.13. The predicted molar refractivity (Wildman–Crippen MR) is 55.9 cm³/mol. The van der Waals surface area contributed by atoms with Crippen molar-refractivity contribution in [1.82, 2.24) is 0 Å². The normalized spacial score (nSPS) is 16.2. The van der Waals surface area contributed by atoms with Crippen molar-refractivity contribution in [1.29, 1.82) is 0 Å². The molecule has 1 atom stereocenters. The van der Waals surface area contributed by atoms with Gasteiger partial charge in [-0.3, -0.25) is 9.80 Å². The van der Waals surface area contributed by atoms with Gasteiger partial charge in [0.2, 0.25) is 5.78 Å². The van der Waals surface area contributed by atoms with Gasteiger partial charge in [0.1, 0.15) is 12.0 Å². The van der Waals surface area contributed by atoms with E-state index in [1.807, 2.05) is 30.3 Å². The summed E-state index contributed by atoms with van der Waals surface area (Å²) in [5.41, 5.74) is 1.46. The second-order valence-electron chi connectivity index (χ2n) is 2.80. The standard InChI is InChI=1S/C9H9N2OP/c12-8-6-11(10-9(8)13)7-4-2-1-3-5-7/h1-5H,6,13H2. The molecule has 1 aromatic carbocycles. The summed E-state index contributed by atoms with van der Waals surface area (Å²) in [6.45, 7) is 0.350. The lowest BCUT2D eigenvalue weighted by Gasteiger charge is -2.11. The molecule has 1 unspecified atom stereocenters. The predicted octanol–water partition coefficient (Wildman–Crippen LogP) is 1.26. The molecular formula is C9H9N2OP. The quantitative estimate of drug-likeness (QED) is 0.627. The summed E-state index contributed by atoms with van der Waals surface area (Å²) in [6.07, 6.45) is 0. The fourth-order valence-corrected chi connectivity index (χ4v) is 1.42. The van der Waals surface area contributed by atoms with Gasteiger partial charge in [0, 0.05) is 0 Å². The van der Waals surface area contributed by atoms with Crippen molar-refractivity contribution in [3.05, 3.63) is 30.3 Å². The molecule has 0 aliphatic carbocycles. The largest absolute Gasteiger partial charge is 0.290 e. The molecule has 1 aromatic rings. The number of benzene rings is 1. The third-order valence-corrected chi connectivity index (χ3v) is 2.30. The van der Waals surface area contributed by atoms with Gasteiger partial charge >= 0.3 is 0 Å². The summed E-state index contributed by atoms with van der Waals surface area (Å²) in [7, 11) is 2.35. The maximum absolute atomic E-state index is 11.2. The number of para-hydroxylation sites is 1. The Morgan fingerprint density at radius 2 is 2.00 bits per heavy atom. The molecular weight excluding hydrogens is 183 g/mol. The van der Waals surface area contributed by atoms with Gasteiger partial charge in [0.25, 0.3) is 0 Å². The maximum Gasteiger partial charge on any atom is 0.204 e. The van der Waals surface area contributed by atoms with Crippen LogP contribution in [0.5, 0.6) is 0 Å². The molecule has 0 saturated carbocycles. The second kappa shape index (κ2) is 3.27. The van der Waals surface area contributed by atoms with Crippen molar-refractivity contribution in [2.75, 3.05) is 11.6 Å². The molecule has 0 spiro atoms. The molecule has 1 aliphatic rings. The van der Waals surface area contributed by atoms with Gasteiger partial charge in [0.05, 0.1) is 5.69 Å². The van der Waals surface area contributed by atoms with Gasteiger partial charge in [-0.2, -0.15) is 5.10 Å². The lowest BCUT2D eigenvalue weighted by molar-refractivity contribution is -0.111. The number of Topliss-reactive ketones (excluding diaryl/α,β-unsaturated/α-hetero) is 1. The number of anilines is 1. The van der Waals surface area contributed by atoms with Crippen LogP contribution in [0, 0.1) is 0 Å². The highest BCUT2D eigenvalue weighted by molar-refractivity contribution is 7.46. The third-order valence-electron chi connectivity index (χ3n) is 1.86. The van der Waals surface area contributed by atoms with Gasteiger partial charge in [-0.25, -0.2) is 0 Å². The monoisotopic (exact) mass is 192 g/mol. The average Bonchev–Trinajstić information content (AvgIpc) is 2.49. The first-order valence-electron chi connectivity index (χ1n) is 3.97. The van der Waals surface area contributed by atoms with Crippen molar-refractivity contribution in [3.63, 3.8) is 0 Å². The Morgan fingerprint density at radius 3 is 2.54 bits per heavy atom. The van der Waals surface area contributed by atoms with Crippen LogP contribution in [0.4, 0.5) is 5.69 Å². The minimum atomic E-state index is 0.0638. The molecule has 0 fully saturated rings. The first-order chi connectivity index (χ1) is 6.27. The Morgan fingerprint density at radius 1 is 1.31 bits per heavy atom. The van der Waals surface area contributed by atoms with Gasteiger partial charge in [-0.15, -0.1) is 0 Å². The van der Waals surface area contributed by atoms with Gasteiger partial charge < -0.3 is 0 Å². The van der Waals surface area contributed by atoms with Crippen molar-refractivity contribution in [3.8, 4) is 0 Å². The zero-order chi connectivity index (χ0) is 9.26. The molecule has 0 aromatic heterocycles. The van der Waals surface area contributed by atoms with E-state index in [0.29, 0.717) is 12.0 Å². The molecule has 0 saturated heterocycles. The Balaban J connectivity index is 2.27. The first kappa shape index (κ1) is 8.39. The van der Waals surface area contributed by atoms with Crippen LogP contribution in [0.2, 0.25) is 0 Å². The van der Waals surface area contributed by atoms with E-state index in [9.17, 15) is 4.79 Å². The summed E-state index contributed by atoms with van der Waals surface area (Å²) in [4.78, 5) is 11.2. The summed E-state index contributed by atoms with van der Waals surface area (Å²) in [5, 5.41) is 5.80. The van der Waals surface area contributed by atoms with Crippen molar-refractivity contribution in [2.45, 2.75) is 0 Å². The van der Waals surface area contributed by atoms with E-state index in [0.717, 1.165) is 5.69 Å². The molecule has 0 amide bonds. The topological polar surface area (TPSA) is 32.7 Å². The second-order valence-corrected chi connectivity index (χ2v) is 3.35. The van der Waals surface area contributed by atoms with Crippen molar-refractivity contribution < 1.29 is 4.79 Å². The molecule has 66 valence electrons. The van der Waals surface area contributed by atoms with E-state index in [2.05, 4.69) is 14.3 Å². The minimum Gasteiger partial charge on any atom is -0.290 e. The van der Waals surface area contributed by atoms with Gasteiger partial charge in [-0.05, 0) is 12.1 Å². The summed E-state index contributed by atoms with van der Waals surface area (Å²) in [5.74, 6) is 0.0638. The SMILES string of the molecule is O=C1CN(c2ccccc2)N=C1P. The van der Waals surface area contributed by atoms with E-state index >= 15 is 0 Å². The molecule has 0 radical (unpaired) electrons. The van der Waals surface area contributed by atoms with E-state index in [-0.39, 0.29) is 5.78 Å². The van der Waals surface area contributed by atoms with Crippen LogP contribution in [0.1, 0.15) is 0 Å². The number of hydrogen-bond donors (Lipinski definition) is 0. The Kier molecular flexibility index (Phi) is 2.11. The fraction of sp³-hybridized carbons (Fsp3) is 0.111. The molecule has 1 aliphatic heterocycles. The molecule has 1 heterocycles. The van der Waals surface area contributed by atoms with Gasteiger partial charge in [0.15, 0.2) is 0 Å². The molecule has 13 heavy (non-hydrogen) atoms. The highest BCUT2D eigenvalue weighted by Gasteiger charge is 2.20. The number of nitrogens with zero attached hydrogens (tertiary/aromatic N) is 2. The first-order valence-corrected chi connectivity index (χ1v) is 4.55. The lowest BCUT2D eigenvalue weighted by atomic mass is 10.3. The van der Waals surface area contributed by atoms with Crippen LogP contribution in [0.25, 0.3) is 0 Å². The Labute approximate surface area is 78.6 Å². The molecule has 0 bridgehead atoms. The number of rotatable bonds is 1. The van der Waals surface area contributed by atoms with Crippen LogP contribution in [0.3, 0.4) is 0 Å².